The van der Waals surface area contributed by atoms with Gasteiger partial charge in [-0.15, -0.1) is 24.8 Å². The molecule has 0 radical (unpaired) electrons. The van der Waals surface area contributed by atoms with Gasteiger partial charge in [-0.2, -0.15) is 0 Å². The van der Waals surface area contributed by atoms with Gasteiger partial charge in [-0.05, 0) is 51.3 Å². The van der Waals surface area contributed by atoms with Crippen LogP contribution in [0.2, 0.25) is 0 Å². The van der Waals surface area contributed by atoms with Crippen molar-refractivity contribution < 1.29 is 9.15 Å². The van der Waals surface area contributed by atoms with Crippen LogP contribution in [0, 0.1) is 0 Å². The summed E-state index contributed by atoms with van der Waals surface area (Å²) in [6.07, 6.45) is 0.775. The lowest BCUT2D eigenvalue weighted by Gasteiger charge is -2.18. The Balaban J connectivity index is 0.00000160. The number of furan rings is 1. The monoisotopic (exact) mass is 448 g/mol. The van der Waals surface area contributed by atoms with Crippen molar-refractivity contribution in [1.82, 2.24) is 14.9 Å². The van der Waals surface area contributed by atoms with Crippen LogP contribution in [0.15, 0.2) is 52.9 Å². The van der Waals surface area contributed by atoms with Crippen LogP contribution in [-0.4, -0.2) is 42.6 Å². The number of rotatable bonds is 6. The molecule has 0 aliphatic carbocycles. The second-order valence-corrected chi connectivity index (χ2v) is 7.13. The molecular weight excluding hydrogens is 423 g/mol. The predicted octanol–water partition coefficient (Wildman–Crippen LogP) is 4.85. The van der Waals surface area contributed by atoms with Crippen LogP contribution in [0.25, 0.3) is 33.5 Å². The van der Waals surface area contributed by atoms with E-state index < -0.39 is 0 Å². The van der Waals surface area contributed by atoms with Crippen LogP contribution in [0.3, 0.4) is 0 Å². The lowest BCUT2D eigenvalue weighted by Crippen LogP contribution is -2.21. The molecule has 2 aromatic carbocycles. The number of hydrogen-bond donors (Lipinski definition) is 1. The van der Waals surface area contributed by atoms with Crippen molar-refractivity contribution >= 4 is 46.7 Å². The number of methoxy groups -OCH3 is 1. The summed E-state index contributed by atoms with van der Waals surface area (Å²) in [6, 6.07) is 15.4. The molecule has 0 aliphatic rings. The molecule has 1 atom stereocenters. The average Bonchev–Trinajstić information content (AvgIpc) is 3.15. The number of aromatic nitrogens is 2. The molecule has 0 amide bonds. The zero-order valence-corrected chi connectivity index (χ0v) is 18.8. The second kappa shape index (κ2) is 10.1. The maximum absolute atomic E-state index is 6.55. The topological polar surface area (TPSA) is 77.4 Å². The lowest BCUT2D eigenvalue weighted by atomic mass is 10.0. The summed E-state index contributed by atoms with van der Waals surface area (Å²) in [4.78, 5) is 11.7. The molecule has 160 valence electrons. The van der Waals surface area contributed by atoms with Crippen molar-refractivity contribution in [3.63, 3.8) is 0 Å². The fraction of sp³-hybridized carbons (Fsp3) is 0.273. The van der Waals surface area contributed by atoms with Crippen LogP contribution in [0.4, 0.5) is 0 Å². The first kappa shape index (κ1) is 23.9. The third kappa shape index (κ3) is 4.68. The van der Waals surface area contributed by atoms with Gasteiger partial charge >= 0.3 is 0 Å². The summed E-state index contributed by atoms with van der Waals surface area (Å²) < 4.78 is 11.6. The van der Waals surface area contributed by atoms with Crippen molar-refractivity contribution in [2.45, 2.75) is 12.5 Å². The maximum Gasteiger partial charge on any atom is 0.196 e. The molecule has 1 unspecified atom stereocenters. The molecule has 4 aromatic rings. The zero-order valence-electron chi connectivity index (χ0n) is 17.2. The van der Waals surface area contributed by atoms with Gasteiger partial charge in [0.15, 0.2) is 11.6 Å². The van der Waals surface area contributed by atoms with E-state index in [-0.39, 0.29) is 30.9 Å². The van der Waals surface area contributed by atoms with Crippen LogP contribution in [0.5, 0.6) is 5.75 Å². The van der Waals surface area contributed by atoms with Crippen molar-refractivity contribution in [3.8, 4) is 17.3 Å². The minimum atomic E-state index is -0.243. The van der Waals surface area contributed by atoms with Gasteiger partial charge < -0.3 is 19.8 Å². The van der Waals surface area contributed by atoms with Gasteiger partial charge in [-0.1, -0.05) is 24.3 Å². The fourth-order valence-electron chi connectivity index (χ4n) is 3.35. The van der Waals surface area contributed by atoms with E-state index in [2.05, 4.69) is 4.90 Å². The van der Waals surface area contributed by atoms with Crippen LogP contribution in [0.1, 0.15) is 18.2 Å². The highest BCUT2D eigenvalue weighted by Gasteiger charge is 2.20. The van der Waals surface area contributed by atoms with E-state index in [1.54, 1.807) is 7.11 Å². The van der Waals surface area contributed by atoms with Gasteiger partial charge in [-0.25, -0.2) is 9.97 Å². The molecule has 2 N–H and O–H groups in total. The van der Waals surface area contributed by atoms with Crippen LogP contribution in [-0.2, 0) is 0 Å². The molecule has 30 heavy (non-hydrogen) atoms. The van der Waals surface area contributed by atoms with Crippen molar-refractivity contribution in [3.05, 3.63) is 54.2 Å². The average molecular weight is 449 g/mol. The maximum atomic E-state index is 6.55. The first-order valence-electron chi connectivity index (χ1n) is 9.30. The quantitative estimate of drug-likeness (QED) is 0.454. The van der Waals surface area contributed by atoms with E-state index in [9.17, 15) is 0 Å². The first-order chi connectivity index (χ1) is 13.6. The summed E-state index contributed by atoms with van der Waals surface area (Å²) in [6.45, 7) is 0.863. The standard InChI is InChI=1S/C22H24N4O2.2ClH/c1-26(2)12-11-15(23)21-20-16(8-6-10-18(20)27-3)24-22(25-21)19-13-14-7-4-5-9-17(14)28-19;;/h4-10,13,15H,11-12,23H2,1-3H3;2*1H. The zero-order chi connectivity index (χ0) is 19.7. The third-order valence-electron chi connectivity index (χ3n) is 4.82. The molecule has 0 aliphatic heterocycles. The minimum absolute atomic E-state index is 0. The number of nitrogens with zero attached hydrogens (tertiary/aromatic N) is 3. The van der Waals surface area contributed by atoms with Gasteiger partial charge in [0, 0.05) is 11.4 Å². The Morgan fingerprint density at radius 3 is 2.53 bits per heavy atom. The van der Waals surface area contributed by atoms with E-state index in [0.29, 0.717) is 11.6 Å². The highest BCUT2D eigenvalue weighted by atomic mass is 35.5. The van der Waals surface area contributed by atoms with Gasteiger partial charge in [0.05, 0.1) is 23.7 Å². The van der Waals surface area contributed by atoms with E-state index in [1.807, 2.05) is 62.6 Å². The second-order valence-electron chi connectivity index (χ2n) is 7.13. The summed E-state index contributed by atoms with van der Waals surface area (Å²) in [5.74, 6) is 1.89. The third-order valence-corrected chi connectivity index (χ3v) is 4.82. The van der Waals surface area contributed by atoms with Gasteiger partial charge in [0.1, 0.15) is 11.3 Å². The predicted molar refractivity (Wildman–Crippen MR) is 126 cm³/mol. The highest BCUT2D eigenvalue weighted by molar-refractivity contribution is 5.89. The number of hydrogen-bond acceptors (Lipinski definition) is 6. The fourth-order valence-corrected chi connectivity index (χ4v) is 3.35. The summed E-state index contributed by atoms with van der Waals surface area (Å²) in [5, 5.41) is 1.88. The Kier molecular flexibility index (Phi) is 8.03. The Morgan fingerprint density at radius 2 is 1.83 bits per heavy atom. The Labute approximate surface area is 188 Å². The molecule has 8 heteroatoms. The number of ether oxygens (including phenoxy) is 1. The van der Waals surface area contributed by atoms with E-state index in [0.717, 1.165) is 46.3 Å². The summed E-state index contributed by atoms with van der Waals surface area (Å²) in [7, 11) is 5.72. The summed E-state index contributed by atoms with van der Waals surface area (Å²) >= 11 is 0. The van der Waals surface area contributed by atoms with E-state index in [4.69, 9.17) is 24.9 Å². The van der Waals surface area contributed by atoms with E-state index >= 15 is 0 Å². The van der Waals surface area contributed by atoms with Crippen molar-refractivity contribution in [2.75, 3.05) is 27.7 Å². The largest absolute Gasteiger partial charge is 0.496 e. The molecular formula is C22H26Cl2N4O2. The van der Waals surface area contributed by atoms with Crippen LogP contribution >= 0.6 is 24.8 Å². The molecule has 0 bridgehead atoms. The molecule has 4 rings (SSSR count). The van der Waals surface area contributed by atoms with Crippen molar-refractivity contribution in [2.24, 2.45) is 5.73 Å². The number of halogens is 2. The lowest BCUT2D eigenvalue weighted by molar-refractivity contribution is 0.381. The number of fused-ring (bicyclic) bond motifs is 2. The van der Waals surface area contributed by atoms with Crippen LogP contribution < -0.4 is 10.5 Å². The molecule has 2 aromatic heterocycles. The molecule has 0 spiro atoms. The van der Waals surface area contributed by atoms with Gasteiger partial charge in [-0.3, -0.25) is 0 Å². The highest BCUT2D eigenvalue weighted by Crippen LogP contribution is 2.34. The molecule has 2 heterocycles. The summed E-state index contributed by atoms with van der Waals surface area (Å²) in [5.41, 5.74) is 8.93. The number of benzene rings is 2. The van der Waals surface area contributed by atoms with E-state index in [1.165, 1.54) is 0 Å². The minimum Gasteiger partial charge on any atom is -0.496 e. The number of para-hydroxylation sites is 1. The normalized spacial score (nSPS) is 11.9. The molecule has 0 fully saturated rings. The Morgan fingerprint density at radius 1 is 1.07 bits per heavy atom. The SMILES string of the molecule is COc1cccc2nc(-c3cc4ccccc4o3)nc(C(N)CCN(C)C)c12.Cl.Cl. The Bertz CT molecular complexity index is 1100. The molecule has 0 saturated carbocycles. The number of nitrogens with two attached hydrogens (primary N) is 1. The smallest absolute Gasteiger partial charge is 0.196 e. The molecule has 6 nitrogen and oxygen atoms in total. The van der Waals surface area contributed by atoms with Gasteiger partial charge in [0.2, 0.25) is 0 Å². The van der Waals surface area contributed by atoms with Gasteiger partial charge in [0.25, 0.3) is 0 Å². The Hall–Kier alpha value is -2.38. The van der Waals surface area contributed by atoms with Crippen molar-refractivity contribution in [1.29, 1.82) is 0 Å². The first-order valence-corrected chi connectivity index (χ1v) is 9.30. The molecule has 0 saturated heterocycles.